The summed E-state index contributed by atoms with van der Waals surface area (Å²) >= 11 is 0. The fourth-order valence-electron chi connectivity index (χ4n) is 1.74. The van der Waals surface area contributed by atoms with Gasteiger partial charge in [-0.1, -0.05) is 17.7 Å². The second kappa shape index (κ2) is 6.61. The van der Waals surface area contributed by atoms with Crippen molar-refractivity contribution in [1.29, 1.82) is 0 Å². The summed E-state index contributed by atoms with van der Waals surface area (Å²) < 4.78 is 5.12. The first-order chi connectivity index (χ1) is 9.58. The van der Waals surface area contributed by atoms with Gasteiger partial charge in [-0.15, -0.1) is 0 Å². The van der Waals surface area contributed by atoms with E-state index in [1.165, 1.54) is 0 Å². The maximum absolute atomic E-state index is 12.1. The summed E-state index contributed by atoms with van der Waals surface area (Å²) in [7, 11) is 0. The number of hydrogen-bond donors (Lipinski definition) is 2. The standard InChI is InChI=1S/C16H24N2O3/c1-10-7-8-13(11(2)9-10)18-14(19)12(3)17-15(20)21-16(4,5)6/h7-9,12H,1-6H3,(H,17,20)(H,18,19). The van der Waals surface area contributed by atoms with Crippen LogP contribution < -0.4 is 10.6 Å². The van der Waals surface area contributed by atoms with Crippen LogP contribution in [-0.4, -0.2) is 23.6 Å². The van der Waals surface area contributed by atoms with E-state index in [9.17, 15) is 9.59 Å². The second-order valence-corrected chi connectivity index (χ2v) is 6.18. The Hall–Kier alpha value is -2.04. The lowest BCUT2D eigenvalue weighted by molar-refractivity contribution is -0.117. The van der Waals surface area contributed by atoms with Crippen LogP contribution >= 0.6 is 0 Å². The number of ether oxygens (including phenoxy) is 1. The molecule has 0 bridgehead atoms. The molecule has 1 unspecified atom stereocenters. The van der Waals surface area contributed by atoms with Crippen molar-refractivity contribution in [3.8, 4) is 0 Å². The minimum absolute atomic E-state index is 0.284. The summed E-state index contributed by atoms with van der Waals surface area (Å²) in [5.41, 5.74) is 2.26. The molecule has 0 aliphatic heterocycles. The lowest BCUT2D eigenvalue weighted by atomic mass is 10.1. The predicted molar refractivity (Wildman–Crippen MR) is 83.4 cm³/mol. The Morgan fingerprint density at radius 2 is 1.81 bits per heavy atom. The molecule has 5 heteroatoms. The molecule has 5 nitrogen and oxygen atoms in total. The van der Waals surface area contributed by atoms with E-state index in [2.05, 4.69) is 10.6 Å². The van der Waals surface area contributed by atoms with Crippen molar-refractivity contribution in [2.75, 3.05) is 5.32 Å². The van der Waals surface area contributed by atoms with Gasteiger partial charge in [0.25, 0.3) is 0 Å². The third-order valence-electron chi connectivity index (χ3n) is 2.77. The summed E-state index contributed by atoms with van der Waals surface area (Å²) in [5, 5.41) is 5.31. The minimum Gasteiger partial charge on any atom is -0.444 e. The van der Waals surface area contributed by atoms with Crippen molar-refractivity contribution in [2.45, 2.75) is 53.2 Å². The Bertz CT molecular complexity index is 533. The van der Waals surface area contributed by atoms with Gasteiger partial charge in [-0.05, 0) is 53.2 Å². The summed E-state index contributed by atoms with van der Waals surface area (Å²) in [5.74, 6) is -0.284. The van der Waals surface area contributed by atoms with Crippen molar-refractivity contribution in [3.05, 3.63) is 29.3 Å². The molecule has 2 N–H and O–H groups in total. The number of carbonyl (C=O) groups excluding carboxylic acids is 2. The van der Waals surface area contributed by atoms with E-state index in [1.807, 2.05) is 32.0 Å². The van der Waals surface area contributed by atoms with E-state index in [4.69, 9.17) is 4.74 Å². The molecule has 0 saturated heterocycles. The first-order valence-corrected chi connectivity index (χ1v) is 6.96. The van der Waals surface area contributed by atoms with E-state index in [1.54, 1.807) is 27.7 Å². The quantitative estimate of drug-likeness (QED) is 0.899. The van der Waals surface area contributed by atoms with Crippen LogP contribution in [0.1, 0.15) is 38.8 Å². The van der Waals surface area contributed by atoms with E-state index in [0.29, 0.717) is 0 Å². The molecule has 1 atom stereocenters. The normalized spacial score (nSPS) is 12.5. The molecule has 0 aliphatic rings. The number of carbonyl (C=O) groups is 2. The van der Waals surface area contributed by atoms with Gasteiger partial charge in [-0.2, -0.15) is 0 Å². The third-order valence-corrected chi connectivity index (χ3v) is 2.77. The molecule has 0 heterocycles. The monoisotopic (exact) mass is 292 g/mol. The Balaban J connectivity index is 2.61. The maximum atomic E-state index is 12.1. The molecule has 0 saturated carbocycles. The molecule has 1 rings (SSSR count). The molecular weight excluding hydrogens is 268 g/mol. The number of amides is 2. The number of anilines is 1. The average Bonchev–Trinajstić information content (AvgIpc) is 2.29. The summed E-state index contributed by atoms with van der Waals surface area (Å²) in [6.45, 7) is 10.8. The lowest BCUT2D eigenvalue weighted by Crippen LogP contribution is -2.44. The van der Waals surface area contributed by atoms with Crippen LogP contribution in [0.5, 0.6) is 0 Å². The fourth-order valence-corrected chi connectivity index (χ4v) is 1.74. The molecule has 0 spiro atoms. The highest BCUT2D eigenvalue weighted by Crippen LogP contribution is 2.16. The molecule has 1 aromatic rings. The zero-order valence-corrected chi connectivity index (χ0v) is 13.5. The van der Waals surface area contributed by atoms with Crippen LogP contribution in [0.15, 0.2) is 18.2 Å². The van der Waals surface area contributed by atoms with Gasteiger partial charge in [-0.3, -0.25) is 4.79 Å². The molecule has 21 heavy (non-hydrogen) atoms. The van der Waals surface area contributed by atoms with E-state index >= 15 is 0 Å². The van der Waals surface area contributed by atoms with E-state index < -0.39 is 17.7 Å². The van der Waals surface area contributed by atoms with Crippen molar-refractivity contribution in [3.63, 3.8) is 0 Å². The van der Waals surface area contributed by atoms with Gasteiger partial charge in [0.2, 0.25) is 5.91 Å². The molecule has 2 amide bonds. The smallest absolute Gasteiger partial charge is 0.408 e. The number of benzene rings is 1. The molecular formula is C16H24N2O3. The minimum atomic E-state index is -0.680. The van der Waals surface area contributed by atoms with Gasteiger partial charge in [0, 0.05) is 5.69 Å². The first kappa shape index (κ1) is 17.0. The Morgan fingerprint density at radius 3 is 2.33 bits per heavy atom. The zero-order valence-electron chi connectivity index (χ0n) is 13.5. The largest absolute Gasteiger partial charge is 0.444 e. The number of rotatable bonds is 3. The SMILES string of the molecule is Cc1ccc(NC(=O)C(C)NC(=O)OC(C)(C)C)c(C)c1. The lowest BCUT2D eigenvalue weighted by Gasteiger charge is -2.21. The summed E-state index contributed by atoms with van der Waals surface area (Å²) in [4.78, 5) is 23.7. The van der Waals surface area contributed by atoms with Gasteiger partial charge in [0.1, 0.15) is 11.6 Å². The fraction of sp³-hybridized carbons (Fsp3) is 0.500. The highest BCUT2D eigenvalue weighted by molar-refractivity contribution is 5.96. The topological polar surface area (TPSA) is 67.4 Å². The van der Waals surface area contributed by atoms with Crippen LogP contribution in [-0.2, 0) is 9.53 Å². The van der Waals surface area contributed by atoms with Crippen molar-refractivity contribution in [1.82, 2.24) is 5.32 Å². The van der Waals surface area contributed by atoms with Crippen LogP contribution in [0.2, 0.25) is 0 Å². The zero-order chi connectivity index (χ0) is 16.2. The van der Waals surface area contributed by atoms with Gasteiger partial charge in [0.05, 0.1) is 0 Å². The Morgan fingerprint density at radius 1 is 1.19 bits per heavy atom. The predicted octanol–water partition coefficient (Wildman–Crippen LogP) is 3.16. The number of aryl methyl sites for hydroxylation is 2. The highest BCUT2D eigenvalue weighted by atomic mass is 16.6. The van der Waals surface area contributed by atoms with Gasteiger partial charge < -0.3 is 15.4 Å². The Kier molecular flexibility index (Phi) is 5.35. The number of alkyl carbamates (subject to hydrolysis) is 1. The summed E-state index contributed by atoms with van der Waals surface area (Å²) in [6, 6.07) is 5.08. The molecule has 0 radical (unpaired) electrons. The van der Waals surface area contributed by atoms with Crippen molar-refractivity contribution >= 4 is 17.7 Å². The third kappa shape index (κ3) is 5.85. The molecule has 0 fully saturated rings. The highest BCUT2D eigenvalue weighted by Gasteiger charge is 2.21. The van der Waals surface area contributed by atoms with Gasteiger partial charge in [-0.25, -0.2) is 4.79 Å². The van der Waals surface area contributed by atoms with Crippen molar-refractivity contribution in [2.24, 2.45) is 0 Å². The number of hydrogen-bond acceptors (Lipinski definition) is 3. The van der Waals surface area contributed by atoms with E-state index in [0.717, 1.165) is 16.8 Å². The van der Waals surface area contributed by atoms with Gasteiger partial charge >= 0.3 is 6.09 Å². The van der Waals surface area contributed by atoms with Crippen LogP contribution in [0.4, 0.5) is 10.5 Å². The van der Waals surface area contributed by atoms with Crippen molar-refractivity contribution < 1.29 is 14.3 Å². The average molecular weight is 292 g/mol. The molecule has 1 aromatic carbocycles. The van der Waals surface area contributed by atoms with Gasteiger partial charge in [0.15, 0.2) is 0 Å². The molecule has 0 aromatic heterocycles. The van der Waals surface area contributed by atoms with Crippen LogP contribution in [0.25, 0.3) is 0 Å². The Labute approximate surface area is 126 Å². The van der Waals surface area contributed by atoms with E-state index in [-0.39, 0.29) is 5.91 Å². The summed E-state index contributed by atoms with van der Waals surface area (Å²) in [6.07, 6.45) is -0.606. The van der Waals surface area contributed by atoms with Crippen LogP contribution in [0.3, 0.4) is 0 Å². The number of nitrogens with one attached hydrogen (secondary N) is 2. The molecule has 116 valence electrons. The molecule has 0 aliphatic carbocycles. The second-order valence-electron chi connectivity index (χ2n) is 6.18. The first-order valence-electron chi connectivity index (χ1n) is 6.96. The van der Waals surface area contributed by atoms with Crippen LogP contribution in [0, 0.1) is 13.8 Å². The maximum Gasteiger partial charge on any atom is 0.408 e.